The van der Waals surface area contributed by atoms with Gasteiger partial charge in [0, 0.05) is 18.7 Å². The standard InChI is InChI=1S/C12H14ClN3O4/c1-2-15-11(19)12(14)5-10(20-16-12)6-3-7(13)9(18)4-8(6)17/h3-5,16-18H,2,14H2,1H3,(H,15,19). The number of aromatic hydroxyl groups is 2. The average Bonchev–Trinajstić information content (AvgIpc) is 2.78. The van der Waals surface area contributed by atoms with Gasteiger partial charge in [0.05, 0.1) is 10.6 Å². The molecule has 108 valence electrons. The molecule has 2 rings (SSSR count). The Kier molecular flexibility index (Phi) is 3.76. The van der Waals surface area contributed by atoms with Crippen molar-refractivity contribution in [2.24, 2.45) is 5.73 Å². The normalized spacial score (nSPS) is 21.2. The van der Waals surface area contributed by atoms with Gasteiger partial charge in [0.1, 0.15) is 11.5 Å². The molecule has 1 heterocycles. The molecule has 1 amide bonds. The van der Waals surface area contributed by atoms with Gasteiger partial charge in [-0.15, -0.1) is 5.48 Å². The summed E-state index contributed by atoms with van der Waals surface area (Å²) >= 11 is 5.77. The predicted molar refractivity (Wildman–Crippen MR) is 72.6 cm³/mol. The largest absolute Gasteiger partial charge is 0.507 e. The number of halogens is 1. The fourth-order valence-electron chi connectivity index (χ4n) is 1.70. The van der Waals surface area contributed by atoms with E-state index in [9.17, 15) is 15.0 Å². The number of carbonyl (C=O) groups is 1. The van der Waals surface area contributed by atoms with E-state index in [2.05, 4.69) is 10.8 Å². The molecule has 0 spiro atoms. The molecule has 6 N–H and O–H groups in total. The van der Waals surface area contributed by atoms with E-state index in [1.807, 2.05) is 0 Å². The molecule has 1 unspecified atom stereocenters. The van der Waals surface area contributed by atoms with Crippen LogP contribution in [0.25, 0.3) is 5.76 Å². The van der Waals surface area contributed by atoms with Crippen LogP contribution in [0.4, 0.5) is 0 Å². The second kappa shape index (κ2) is 5.20. The fraction of sp³-hybridized carbons (Fsp3) is 0.250. The average molecular weight is 300 g/mol. The van der Waals surface area contributed by atoms with Crippen LogP contribution in [0.2, 0.25) is 5.02 Å². The summed E-state index contributed by atoms with van der Waals surface area (Å²) in [4.78, 5) is 16.9. The van der Waals surface area contributed by atoms with E-state index in [4.69, 9.17) is 22.2 Å². The number of carbonyl (C=O) groups excluding carboxylic acids is 1. The SMILES string of the molecule is CCNC(=O)C1(N)C=C(c2cc(Cl)c(O)cc2O)ON1. The Bertz CT molecular complexity index is 590. The molecule has 0 radical (unpaired) electrons. The molecular formula is C12H14ClN3O4. The zero-order valence-corrected chi connectivity index (χ0v) is 11.4. The topological polar surface area (TPSA) is 117 Å². The second-order valence-corrected chi connectivity index (χ2v) is 4.67. The lowest BCUT2D eigenvalue weighted by atomic mass is 10.1. The number of nitrogens with two attached hydrogens (primary N) is 1. The molecule has 1 aliphatic rings. The second-order valence-electron chi connectivity index (χ2n) is 4.26. The first-order valence-electron chi connectivity index (χ1n) is 5.83. The lowest BCUT2D eigenvalue weighted by molar-refractivity contribution is -0.128. The third-order valence-electron chi connectivity index (χ3n) is 2.73. The van der Waals surface area contributed by atoms with E-state index in [-0.39, 0.29) is 27.8 Å². The summed E-state index contributed by atoms with van der Waals surface area (Å²) in [5.41, 5.74) is 6.90. The van der Waals surface area contributed by atoms with Crippen molar-refractivity contribution in [1.29, 1.82) is 0 Å². The minimum Gasteiger partial charge on any atom is -0.507 e. The number of phenolic OH excluding ortho intramolecular Hbond substituents is 2. The highest BCUT2D eigenvalue weighted by Crippen LogP contribution is 2.36. The molecule has 0 aromatic heterocycles. The van der Waals surface area contributed by atoms with E-state index in [1.54, 1.807) is 6.92 Å². The number of phenols is 2. The summed E-state index contributed by atoms with van der Waals surface area (Å²) in [6, 6.07) is 2.38. The van der Waals surface area contributed by atoms with Crippen molar-refractivity contribution in [3.63, 3.8) is 0 Å². The number of hydrogen-bond acceptors (Lipinski definition) is 6. The first-order valence-corrected chi connectivity index (χ1v) is 6.21. The molecular weight excluding hydrogens is 286 g/mol. The van der Waals surface area contributed by atoms with Gasteiger partial charge in [-0.25, -0.2) is 0 Å². The van der Waals surface area contributed by atoms with Gasteiger partial charge in [0.25, 0.3) is 5.91 Å². The van der Waals surface area contributed by atoms with Gasteiger partial charge in [-0.1, -0.05) is 11.6 Å². The van der Waals surface area contributed by atoms with Crippen molar-refractivity contribution < 1.29 is 19.8 Å². The van der Waals surface area contributed by atoms with Crippen molar-refractivity contribution in [3.8, 4) is 11.5 Å². The maximum Gasteiger partial charge on any atom is 0.262 e. The van der Waals surface area contributed by atoms with Crippen molar-refractivity contribution in [2.45, 2.75) is 12.6 Å². The molecule has 0 saturated carbocycles. The van der Waals surface area contributed by atoms with Crippen LogP contribution in [0.3, 0.4) is 0 Å². The van der Waals surface area contributed by atoms with Crippen molar-refractivity contribution in [3.05, 3.63) is 28.8 Å². The Balaban J connectivity index is 2.36. The molecule has 1 atom stereocenters. The summed E-state index contributed by atoms with van der Waals surface area (Å²) in [6.07, 6.45) is 1.32. The van der Waals surface area contributed by atoms with Gasteiger partial charge in [-0.2, -0.15) is 0 Å². The fourth-order valence-corrected chi connectivity index (χ4v) is 1.87. The number of hydrogen-bond donors (Lipinski definition) is 5. The maximum absolute atomic E-state index is 11.8. The first-order chi connectivity index (χ1) is 9.37. The van der Waals surface area contributed by atoms with Crippen LogP contribution in [0.5, 0.6) is 11.5 Å². The zero-order valence-electron chi connectivity index (χ0n) is 10.6. The minimum atomic E-state index is -1.54. The van der Waals surface area contributed by atoms with Crippen LogP contribution in [0.1, 0.15) is 12.5 Å². The van der Waals surface area contributed by atoms with Gasteiger partial charge in [0.15, 0.2) is 5.76 Å². The molecule has 7 nitrogen and oxygen atoms in total. The van der Waals surface area contributed by atoms with E-state index < -0.39 is 11.6 Å². The van der Waals surface area contributed by atoms with Crippen LogP contribution < -0.4 is 16.5 Å². The van der Waals surface area contributed by atoms with E-state index in [0.717, 1.165) is 6.07 Å². The van der Waals surface area contributed by atoms with E-state index in [1.165, 1.54) is 12.1 Å². The van der Waals surface area contributed by atoms with Gasteiger partial charge < -0.3 is 20.4 Å². The van der Waals surface area contributed by atoms with E-state index in [0.29, 0.717) is 6.54 Å². The molecule has 20 heavy (non-hydrogen) atoms. The molecule has 0 fully saturated rings. The number of amides is 1. The van der Waals surface area contributed by atoms with Gasteiger partial charge >= 0.3 is 0 Å². The third-order valence-corrected chi connectivity index (χ3v) is 3.04. The Morgan fingerprint density at radius 1 is 1.50 bits per heavy atom. The Hall–Kier alpha value is -1.96. The van der Waals surface area contributed by atoms with Crippen LogP contribution in [0, 0.1) is 0 Å². The summed E-state index contributed by atoms with van der Waals surface area (Å²) in [5, 5.41) is 21.7. The van der Waals surface area contributed by atoms with Crippen LogP contribution in [0.15, 0.2) is 18.2 Å². The molecule has 1 aliphatic heterocycles. The predicted octanol–water partition coefficient (Wildman–Crippen LogP) is 0.418. The highest BCUT2D eigenvalue weighted by Gasteiger charge is 2.39. The van der Waals surface area contributed by atoms with Crippen molar-refractivity contribution in [1.82, 2.24) is 10.8 Å². The molecule has 8 heteroatoms. The number of likely N-dealkylation sites (N-methyl/N-ethyl adjacent to an activating group) is 1. The van der Waals surface area contributed by atoms with Crippen LogP contribution >= 0.6 is 11.6 Å². The number of hydroxylamine groups is 1. The summed E-state index contributed by atoms with van der Waals surface area (Å²) in [7, 11) is 0. The Morgan fingerprint density at radius 2 is 2.20 bits per heavy atom. The number of rotatable bonds is 3. The Morgan fingerprint density at radius 3 is 2.85 bits per heavy atom. The van der Waals surface area contributed by atoms with Crippen LogP contribution in [-0.2, 0) is 9.63 Å². The zero-order chi connectivity index (χ0) is 14.9. The first kappa shape index (κ1) is 14.4. The quantitative estimate of drug-likeness (QED) is 0.552. The molecule has 0 bridgehead atoms. The van der Waals surface area contributed by atoms with Gasteiger partial charge in [-0.3, -0.25) is 10.5 Å². The summed E-state index contributed by atoms with van der Waals surface area (Å²) in [6.45, 7) is 2.17. The van der Waals surface area contributed by atoms with Crippen molar-refractivity contribution >= 4 is 23.3 Å². The van der Waals surface area contributed by atoms with Crippen LogP contribution in [-0.4, -0.2) is 28.3 Å². The molecule has 0 aliphatic carbocycles. The van der Waals surface area contributed by atoms with E-state index >= 15 is 0 Å². The summed E-state index contributed by atoms with van der Waals surface area (Å²) < 4.78 is 0. The Labute approximate surface area is 119 Å². The summed E-state index contributed by atoms with van der Waals surface area (Å²) in [5.74, 6) is -0.847. The molecule has 0 saturated heterocycles. The monoisotopic (exact) mass is 299 g/mol. The van der Waals surface area contributed by atoms with Gasteiger partial charge in [-0.05, 0) is 13.0 Å². The highest BCUT2D eigenvalue weighted by molar-refractivity contribution is 6.32. The minimum absolute atomic E-state index is 0.0369. The number of nitrogens with one attached hydrogen (secondary N) is 2. The number of benzene rings is 1. The lowest BCUT2D eigenvalue weighted by Gasteiger charge is -2.18. The van der Waals surface area contributed by atoms with Crippen molar-refractivity contribution in [2.75, 3.05) is 6.54 Å². The van der Waals surface area contributed by atoms with Gasteiger partial charge in [0.2, 0.25) is 5.66 Å². The molecule has 1 aromatic carbocycles. The smallest absolute Gasteiger partial charge is 0.262 e. The molecule has 1 aromatic rings. The lowest BCUT2D eigenvalue weighted by Crippen LogP contribution is -2.59. The highest BCUT2D eigenvalue weighted by atomic mass is 35.5. The maximum atomic E-state index is 11.8. The third kappa shape index (κ3) is 2.51.